The molecule has 0 fully saturated rings. The van der Waals surface area contributed by atoms with Crippen molar-refractivity contribution >= 4 is 5.91 Å². The standard InChI is InChI=1S/C13H16N4O2/c1-14-11(18)7-8-15-9-12-16-17-13(19-12)10-5-3-2-4-6-10/h2-6,15H,7-9H2,1H3,(H,14,18). The van der Waals surface area contributed by atoms with Crippen LogP contribution < -0.4 is 10.6 Å². The Hall–Kier alpha value is -2.21. The lowest BCUT2D eigenvalue weighted by molar-refractivity contribution is -0.120. The van der Waals surface area contributed by atoms with Crippen molar-refractivity contribution in [1.29, 1.82) is 0 Å². The van der Waals surface area contributed by atoms with Crippen LogP contribution in [0.25, 0.3) is 11.5 Å². The van der Waals surface area contributed by atoms with Gasteiger partial charge in [-0.05, 0) is 12.1 Å². The van der Waals surface area contributed by atoms with Crippen LogP contribution in [-0.2, 0) is 11.3 Å². The lowest BCUT2D eigenvalue weighted by atomic mass is 10.2. The van der Waals surface area contributed by atoms with Crippen molar-refractivity contribution in [3.05, 3.63) is 36.2 Å². The van der Waals surface area contributed by atoms with Crippen LogP contribution >= 0.6 is 0 Å². The molecule has 1 amide bonds. The third-order valence-corrected chi connectivity index (χ3v) is 2.57. The van der Waals surface area contributed by atoms with E-state index in [4.69, 9.17) is 4.42 Å². The average Bonchev–Trinajstić information content (AvgIpc) is 2.93. The molecule has 1 heterocycles. The van der Waals surface area contributed by atoms with Crippen LogP contribution in [-0.4, -0.2) is 29.7 Å². The third kappa shape index (κ3) is 3.89. The van der Waals surface area contributed by atoms with Gasteiger partial charge in [-0.15, -0.1) is 10.2 Å². The minimum absolute atomic E-state index is 0.00278. The van der Waals surface area contributed by atoms with Crippen molar-refractivity contribution in [3.63, 3.8) is 0 Å². The number of carbonyl (C=O) groups is 1. The van der Waals surface area contributed by atoms with Gasteiger partial charge in [-0.25, -0.2) is 0 Å². The Bertz CT molecular complexity index is 524. The fraction of sp³-hybridized carbons (Fsp3) is 0.308. The molecule has 19 heavy (non-hydrogen) atoms. The average molecular weight is 260 g/mol. The molecule has 0 saturated carbocycles. The van der Waals surface area contributed by atoms with Crippen LogP contribution in [0.1, 0.15) is 12.3 Å². The van der Waals surface area contributed by atoms with Gasteiger partial charge in [0.25, 0.3) is 0 Å². The zero-order valence-corrected chi connectivity index (χ0v) is 10.7. The first-order valence-electron chi connectivity index (χ1n) is 6.08. The molecule has 1 aromatic carbocycles. The maximum absolute atomic E-state index is 11.0. The molecule has 0 radical (unpaired) electrons. The number of amides is 1. The topological polar surface area (TPSA) is 80.0 Å². The lowest BCUT2D eigenvalue weighted by Crippen LogP contribution is -2.24. The molecule has 0 atom stereocenters. The van der Waals surface area contributed by atoms with E-state index >= 15 is 0 Å². The van der Waals surface area contributed by atoms with E-state index in [1.807, 2.05) is 30.3 Å². The Morgan fingerprint density at radius 2 is 2.05 bits per heavy atom. The van der Waals surface area contributed by atoms with Crippen LogP contribution in [0.5, 0.6) is 0 Å². The molecule has 0 aliphatic carbocycles. The van der Waals surface area contributed by atoms with Crippen molar-refractivity contribution in [2.45, 2.75) is 13.0 Å². The van der Waals surface area contributed by atoms with Gasteiger partial charge >= 0.3 is 0 Å². The summed E-state index contributed by atoms with van der Waals surface area (Å²) in [4.78, 5) is 11.0. The quantitative estimate of drug-likeness (QED) is 0.756. The number of hydrogen-bond acceptors (Lipinski definition) is 5. The smallest absolute Gasteiger partial charge is 0.247 e. The highest BCUT2D eigenvalue weighted by Crippen LogP contribution is 2.16. The molecule has 2 rings (SSSR count). The minimum Gasteiger partial charge on any atom is -0.419 e. The van der Waals surface area contributed by atoms with Crippen LogP contribution in [0.2, 0.25) is 0 Å². The number of aromatic nitrogens is 2. The fourth-order valence-electron chi connectivity index (χ4n) is 1.54. The van der Waals surface area contributed by atoms with Gasteiger partial charge in [-0.2, -0.15) is 0 Å². The minimum atomic E-state index is 0.00278. The Labute approximate surface area is 111 Å². The summed E-state index contributed by atoms with van der Waals surface area (Å²) in [5.41, 5.74) is 0.895. The maximum Gasteiger partial charge on any atom is 0.247 e. The van der Waals surface area contributed by atoms with E-state index in [1.54, 1.807) is 7.05 Å². The number of nitrogens with zero attached hydrogens (tertiary/aromatic N) is 2. The highest BCUT2D eigenvalue weighted by Gasteiger charge is 2.07. The van der Waals surface area contributed by atoms with Crippen molar-refractivity contribution in [3.8, 4) is 11.5 Å². The molecule has 0 bridgehead atoms. The fourth-order valence-corrected chi connectivity index (χ4v) is 1.54. The molecule has 0 aliphatic rings. The Morgan fingerprint density at radius 3 is 2.79 bits per heavy atom. The van der Waals surface area contributed by atoms with E-state index < -0.39 is 0 Å². The summed E-state index contributed by atoms with van der Waals surface area (Å²) in [5.74, 6) is 1.02. The Morgan fingerprint density at radius 1 is 1.26 bits per heavy atom. The number of nitrogens with one attached hydrogen (secondary N) is 2. The largest absolute Gasteiger partial charge is 0.419 e. The van der Waals surface area contributed by atoms with Gasteiger partial charge in [0.15, 0.2) is 0 Å². The lowest BCUT2D eigenvalue weighted by Gasteiger charge is -2.00. The molecule has 2 N–H and O–H groups in total. The zero-order chi connectivity index (χ0) is 13.5. The molecule has 0 aliphatic heterocycles. The van der Waals surface area contributed by atoms with Gasteiger partial charge in [-0.1, -0.05) is 18.2 Å². The van der Waals surface area contributed by atoms with Crippen molar-refractivity contribution in [2.75, 3.05) is 13.6 Å². The second-order valence-electron chi connectivity index (χ2n) is 3.97. The molecule has 2 aromatic rings. The predicted octanol–water partition coefficient (Wildman–Crippen LogP) is 0.962. The summed E-state index contributed by atoms with van der Waals surface area (Å²) >= 11 is 0. The Kier molecular flexibility index (Phi) is 4.63. The third-order valence-electron chi connectivity index (χ3n) is 2.57. The van der Waals surface area contributed by atoms with Gasteiger partial charge in [0.1, 0.15) is 0 Å². The van der Waals surface area contributed by atoms with Gasteiger partial charge < -0.3 is 15.1 Å². The van der Waals surface area contributed by atoms with E-state index in [2.05, 4.69) is 20.8 Å². The summed E-state index contributed by atoms with van der Waals surface area (Å²) in [5, 5.41) is 13.6. The maximum atomic E-state index is 11.0. The molecule has 0 unspecified atom stereocenters. The molecule has 100 valence electrons. The number of hydrogen-bond donors (Lipinski definition) is 2. The van der Waals surface area contributed by atoms with Gasteiger partial charge in [0.2, 0.25) is 17.7 Å². The first-order valence-corrected chi connectivity index (χ1v) is 6.08. The highest BCUT2D eigenvalue weighted by molar-refractivity contribution is 5.75. The monoisotopic (exact) mass is 260 g/mol. The zero-order valence-electron chi connectivity index (χ0n) is 10.7. The van der Waals surface area contributed by atoms with E-state index in [0.29, 0.717) is 31.3 Å². The van der Waals surface area contributed by atoms with Crippen LogP contribution in [0, 0.1) is 0 Å². The molecule has 6 heteroatoms. The molecular weight excluding hydrogens is 244 g/mol. The van der Waals surface area contributed by atoms with Gasteiger partial charge in [0.05, 0.1) is 6.54 Å². The SMILES string of the molecule is CNC(=O)CCNCc1nnc(-c2ccccc2)o1. The van der Waals surface area contributed by atoms with Crippen LogP contribution in [0.15, 0.2) is 34.7 Å². The number of carbonyl (C=O) groups excluding carboxylic acids is 1. The summed E-state index contributed by atoms with van der Waals surface area (Å²) in [6, 6.07) is 9.59. The van der Waals surface area contributed by atoms with E-state index in [1.165, 1.54) is 0 Å². The van der Waals surface area contributed by atoms with Gasteiger partial charge in [0, 0.05) is 25.6 Å². The van der Waals surface area contributed by atoms with Gasteiger partial charge in [-0.3, -0.25) is 4.79 Å². The molecule has 6 nitrogen and oxygen atoms in total. The first-order chi connectivity index (χ1) is 9.29. The second kappa shape index (κ2) is 6.65. The molecule has 0 spiro atoms. The van der Waals surface area contributed by atoms with E-state index in [-0.39, 0.29) is 5.91 Å². The van der Waals surface area contributed by atoms with Crippen molar-refractivity contribution in [2.24, 2.45) is 0 Å². The summed E-state index contributed by atoms with van der Waals surface area (Å²) in [7, 11) is 1.62. The predicted molar refractivity (Wildman–Crippen MR) is 70.1 cm³/mol. The van der Waals surface area contributed by atoms with Crippen molar-refractivity contribution in [1.82, 2.24) is 20.8 Å². The number of rotatable bonds is 6. The molecular formula is C13H16N4O2. The molecule has 0 saturated heterocycles. The van der Waals surface area contributed by atoms with E-state index in [9.17, 15) is 4.79 Å². The summed E-state index contributed by atoms with van der Waals surface area (Å²) < 4.78 is 5.52. The van der Waals surface area contributed by atoms with Crippen molar-refractivity contribution < 1.29 is 9.21 Å². The summed E-state index contributed by atoms with van der Waals surface area (Å²) in [6.07, 6.45) is 0.427. The van der Waals surface area contributed by atoms with E-state index in [0.717, 1.165) is 5.56 Å². The highest BCUT2D eigenvalue weighted by atomic mass is 16.4. The number of benzene rings is 1. The normalized spacial score (nSPS) is 10.4. The summed E-state index contributed by atoms with van der Waals surface area (Å²) in [6.45, 7) is 1.03. The second-order valence-corrected chi connectivity index (χ2v) is 3.97. The Balaban J connectivity index is 1.83. The van der Waals surface area contributed by atoms with Crippen LogP contribution in [0.3, 0.4) is 0 Å². The van der Waals surface area contributed by atoms with Crippen LogP contribution in [0.4, 0.5) is 0 Å². The molecule has 1 aromatic heterocycles. The first kappa shape index (κ1) is 13.2.